The lowest BCUT2D eigenvalue weighted by atomic mass is 10.2. The molecule has 0 bridgehead atoms. The van der Waals surface area contributed by atoms with Crippen LogP contribution in [-0.2, 0) is 5.75 Å². The highest BCUT2D eigenvalue weighted by molar-refractivity contribution is 7.98. The van der Waals surface area contributed by atoms with Crippen molar-refractivity contribution in [1.29, 1.82) is 0 Å². The molecule has 0 spiro atoms. The second-order valence-corrected chi connectivity index (χ2v) is 9.28. The summed E-state index contributed by atoms with van der Waals surface area (Å²) >= 11 is 13.8. The molecule has 0 atom stereocenters. The van der Waals surface area contributed by atoms with Gasteiger partial charge in [0.15, 0.2) is 10.9 Å². The van der Waals surface area contributed by atoms with Crippen LogP contribution in [-0.4, -0.2) is 30.9 Å². The monoisotopic (exact) mass is 498 g/mol. The molecule has 1 amide bonds. The molecule has 2 aromatic carbocycles. The van der Waals surface area contributed by atoms with Crippen molar-refractivity contribution in [2.24, 2.45) is 0 Å². The summed E-state index contributed by atoms with van der Waals surface area (Å²) in [4.78, 5) is 22.0. The van der Waals surface area contributed by atoms with Gasteiger partial charge in [-0.25, -0.2) is 14.6 Å². The fourth-order valence-electron chi connectivity index (χ4n) is 3.19. The van der Waals surface area contributed by atoms with Gasteiger partial charge in [-0.1, -0.05) is 57.9 Å². The molecule has 0 unspecified atom stereocenters. The van der Waals surface area contributed by atoms with Gasteiger partial charge >= 0.3 is 0 Å². The fourth-order valence-corrected chi connectivity index (χ4v) is 4.65. The van der Waals surface area contributed by atoms with Gasteiger partial charge in [0.05, 0.1) is 11.4 Å². The topological polar surface area (TPSA) is 85.6 Å². The summed E-state index contributed by atoms with van der Waals surface area (Å²) in [6, 6.07) is 14.5. The molecule has 0 aliphatic heterocycles. The number of anilines is 1. The number of amides is 1. The van der Waals surface area contributed by atoms with E-state index in [9.17, 15) is 4.79 Å². The summed E-state index contributed by atoms with van der Waals surface area (Å²) in [6.45, 7) is 5.82. The lowest BCUT2D eigenvalue weighted by Crippen LogP contribution is -2.15. The van der Waals surface area contributed by atoms with Gasteiger partial charge < -0.3 is 5.32 Å². The van der Waals surface area contributed by atoms with Crippen LogP contribution in [0.4, 0.5) is 5.69 Å². The fraction of sp³-hybridized carbons (Fsp3) is 0.174. The summed E-state index contributed by atoms with van der Waals surface area (Å²) < 4.78 is 1.57. The van der Waals surface area contributed by atoms with E-state index < -0.39 is 0 Å². The molecule has 0 aliphatic rings. The molecule has 2 aromatic heterocycles. The van der Waals surface area contributed by atoms with Crippen molar-refractivity contribution in [1.82, 2.24) is 25.0 Å². The molecule has 4 aromatic rings. The molecule has 0 aliphatic carbocycles. The normalized spacial score (nSPS) is 10.9. The van der Waals surface area contributed by atoms with Crippen molar-refractivity contribution in [3.8, 4) is 5.69 Å². The molecule has 33 heavy (non-hydrogen) atoms. The first-order valence-electron chi connectivity index (χ1n) is 10.0. The minimum Gasteiger partial charge on any atom is -0.321 e. The molecular weight excluding hydrogens is 479 g/mol. The Labute approximate surface area is 205 Å². The number of rotatable bonds is 6. The largest absolute Gasteiger partial charge is 0.321 e. The molecule has 1 N–H and O–H groups in total. The van der Waals surface area contributed by atoms with Crippen LogP contribution in [0.25, 0.3) is 5.69 Å². The van der Waals surface area contributed by atoms with E-state index in [0.717, 1.165) is 17.0 Å². The van der Waals surface area contributed by atoms with Gasteiger partial charge in [0.1, 0.15) is 0 Å². The van der Waals surface area contributed by atoms with E-state index in [1.54, 1.807) is 22.9 Å². The van der Waals surface area contributed by atoms with Crippen LogP contribution >= 0.6 is 35.0 Å². The first-order chi connectivity index (χ1) is 15.8. The van der Waals surface area contributed by atoms with E-state index in [2.05, 4.69) is 25.6 Å². The Balaban J connectivity index is 1.70. The van der Waals surface area contributed by atoms with Gasteiger partial charge in [0.25, 0.3) is 5.91 Å². The number of benzene rings is 2. The van der Waals surface area contributed by atoms with Gasteiger partial charge in [-0.2, -0.15) is 0 Å². The lowest BCUT2D eigenvalue weighted by Gasteiger charge is -2.10. The van der Waals surface area contributed by atoms with Crippen LogP contribution < -0.4 is 5.32 Å². The number of carbonyl (C=O) groups is 1. The Hall–Kier alpha value is -2.94. The van der Waals surface area contributed by atoms with E-state index in [-0.39, 0.29) is 11.6 Å². The highest BCUT2D eigenvalue weighted by atomic mass is 35.5. The number of carbonyl (C=O) groups excluding carboxylic acids is 1. The summed E-state index contributed by atoms with van der Waals surface area (Å²) in [7, 11) is 0. The summed E-state index contributed by atoms with van der Waals surface area (Å²) in [6.07, 6.45) is 0. The van der Waals surface area contributed by atoms with Crippen LogP contribution in [0.5, 0.6) is 0 Å². The number of halogens is 2. The zero-order chi connectivity index (χ0) is 23.5. The Morgan fingerprint density at radius 3 is 2.24 bits per heavy atom. The molecule has 0 radical (unpaired) electrons. The van der Waals surface area contributed by atoms with Crippen molar-refractivity contribution in [2.75, 3.05) is 5.32 Å². The molecule has 10 heteroatoms. The molecule has 7 nitrogen and oxygen atoms in total. The highest BCUT2D eigenvalue weighted by Crippen LogP contribution is 2.27. The minimum absolute atomic E-state index is 0.198. The van der Waals surface area contributed by atoms with Gasteiger partial charge in [0, 0.05) is 32.9 Å². The van der Waals surface area contributed by atoms with Gasteiger partial charge in [-0.05, 0) is 57.2 Å². The van der Waals surface area contributed by atoms with Crippen molar-refractivity contribution in [2.45, 2.75) is 31.7 Å². The smallest absolute Gasteiger partial charge is 0.278 e. The Morgan fingerprint density at radius 1 is 0.970 bits per heavy atom. The molecule has 168 valence electrons. The molecule has 0 saturated heterocycles. The van der Waals surface area contributed by atoms with Crippen molar-refractivity contribution in [3.63, 3.8) is 0 Å². The predicted molar refractivity (Wildman–Crippen MR) is 132 cm³/mol. The van der Waals surface area contributed by atoms with Crippen LogP contribution in [0.3, 0.4) is 0 Å². The van der Waals surface area contributed by atoms with Crippen molar-refractivity contribution in [3.05, 3.63) is 86.9 Å². The van der Waals surface area contributed by atoms with E-state index in [4.69, 9.17) is 23.2 Å². The molecular formula is C23H20Cl2N6OS. The number of hydrogen-bond donors (Lipinski definition) is 1. The van der Waals surface area contributed by atoms with Crippen LogP contribution in [0.15, 0.2) is 53.7 Å². The Kier molecular flexibility index (Phi) is 6.97. The molecule has 0 saturated carbocycles. The average Bonchev–Trinajstić information content (AvgIpc) is 3.17. The zero-order valence-corrected chi connectivity index (χ0v) is 20.5. The number of aromatic nitrogens is 5. The third kappa shape index (κ3) is 5.71. The van der Waals surface area contributed by atoms with Gasteiger partial charge in [-0.15, -0.1) is 5.10 Å². The second kappa shape index (κ2) is 9.91. The first-order valence-corrected chi connectivity index (χ1v) is 11.8. The third-order valence-electron chi connectivity index (χ3n) is 4.68. The van der Waals surface area contributed by atoms with Crippen LogP contribution in [0, 0.1) is 20.8 Å². The first kappa shape index (κ1) is 23.2. The number of nitrogens with zero attached hydrogens (tertiary/aromatic N) is 5. The Morgan fingerprint density at radius 2 is 1.61 bits per heavy atom. The standard InChI is InChI=1S/C23H20Cl2N6OS/c1-13-4-6-18(7-5-13)28-22(32)21-20(12-33-23-26-14(2)8-15(3)27-23)31(30-29-21)19-10-16(24)9-17(25)11-19/h4-11H,12H2,1-3H3,(H,28,32). The quantitative estimate of drug-likeness (QED) is 0.265. The van der Waals surface area contributed by atoms with Crippen LogP contribution in [0.2, 0.25) is 10.0 Å². The summed E-state index contributed by atoms with van der Waals surface area (Å²) in [5.41, 5.74) is 4.89. The van der Waals surface area contributed by atoms with Gasteiger partial charge in [-0.3, -0.25) is 4.79 Å². The zero-order valence-electron chi connectivity index (χ0n) is 18.1. The maximum Gasteiger partial charge on any atom is 0.278 e. The maximum atomic E-state index is 13.1. The van der Waals surface area contributed by atoms with E-state index in [0.29, 0.717) is 38.0 Å². The number of hydrogen-bond acceptors (Lipinski definition) is 6. The molecule has 2 heterocycles. The van der Waals surface area contributed by atoms with E-state index >= 15 is 0 Å². The summed E-state index contributed by atoms with van der Waals surface area (Å²) in [5, 5.41) is 12.8. The summed E-state index contributed by atoms with van der Waals surface area (Å²) in [5.74, 6) is -0.00777. The van der Waals surface area contributed by atoms with Crippen molar-refractivity contribution >= 4 is 46.6 Å². The lowest BCUT2D eigenvalue weighted by molar-refractivity contribution is 0.102. The van der Waals surface area contributed by atoms with Gasteiger partial charge in [0.2, 0.25) is 0 Å². The predicted octanol–water partition coefficient (Wildman–Crippen LogP) is 5.83. The molecule has 0 fully saturated rings. The molecule has 4 rings (SSSR count). The highest BCUT2D eigenvalue weighted by Gasteiger charge is 2.22. The van der Waals surface area contributed by atoms with Crippen LogP contribution in [0.1, 0.15) is 33.1 Å². The SMILES string of the molecule is Cc1ccc(NC(=O)c2nnn(-c3cc(Cl)cc(Cl)c3)c2CSc2nc(C)cc(C)n2)cc1. The Bertz CT molecular complexity index is 1280. The average molecular weight is 499 g/mol. The number of nitrogens with one attached hydrogen (secondary N) is 1. The number of thioether (sulfide) groups is 1. The van der Waals surface area contributed by atoms with E-state index in [1.165, 1.54) is 11.8 Å². The maximum absolute atomic E-state index is 13.1. The number of aryl methyl sites for hydroxylation is 3. The third-order valence-corrected chi connectivity index (χ3v) is 5.97. The van der Waals surface area contributed by atoms with Crippen molar-refractivity contribution < 1.29 is 4.79 Å². The second-order valence-electron chi connectivity index (χ2n) is 7.47. The minimum atomic E-state index is -0.366. The van der Waals surface area contributed by atoms with E-state index in [1.807, 2.05) is 51.1 Å².